The van der Waals surface area contributed by atoms with E-state index in [1.54, 1.807) is 36.4 Å². The second kappa shape index (κ2) is 10.7. The van der Waals surface area contributed by atoms with Crippen molar-refractivity contribution in [3.05, 3.63) is 76.3 Å². The van der Waals surface area contributed by atoms with Crippen molar-refractivity contribution in [2.24, 2.45) is 0 Å². The molecule has 0 aromatic heterocycles. The summed E-state index contributed by atoms with van der Waals surface area (Å²) in [5.41, 5.74) is 1.44. The molecule has 1 N–H and O–H groups in total. The molecule has 0 radical (unpaired) electrons. The molecule has 0 bridgehead atoms. The predicted octanol–water partition coefficient (Wildman–Crippen LogP) is 2.18. The number of halogens is 4. The number of nitrogens with one attached hydrogen (secondary N) is 1. The summed E-state index contributed by atoms with van der Waals surface area (Å²) in [5, 5.41) is 0. The molecule has 0 saturated heterocycles. The third-order valence-electron chi connectivity index (χ3n) is 3.57. The van der Waals surface area contributed by atoms with Crippen molar-refractivity contribution < 1.29 is 72.7 Å². The van der Waals surface area contributed by atoms with E-state index in [1.807, 2.05) is 6.92 Å². The average molecular weight is 486 g/mol. The Morgan fingerprint density at radius 3 is 2.15 bits per heavy atom. The van der Waals surface area contributed by atoms with Crippen LogP contribution in [0.15, 0.2) is 70.1 Å². The zero-order valence-corrected chi connectivity index (χ0v) is 20.4. The van der Waals surface area contributed by atoms with Crippen molar-refractivity contribution in [3.63, 3.8) is 0 Å². The van der Waals surface area contributed by atoms with Gasteiger partial charge in [-0.1, -0.05) is 58.2 Å². The Hall–Kier alpha value is 0.0613. The Balaban J connectivity index is 0.00000364. The fourth-order valence-corrected chi connectivity index (χ4v) is 3.65. The zero-order chi connectivity index (χ0) is 19.4. The second-order valence-electron chi connectivity index (χ2n) is 5.84. The van der Waals surface area contributed by atoms with Gasteiger partial charge in [0.2, 0.25) is 10.0 Å². The fraction of sp³-hybridized carbons (Fsp3) is 0.176. The van der Waals surface area contributed by atoms with Crippen LogP contribution in [-0.2, 0) is 10.0 Å². The molecule has 0 saturated carbocycles. The molecule has 2 aromatic rings. The molecule has 0 aliphatic carbocycles. The number of sulfonamides is 1. The van der Waals surface area contributed by atoms with Gasteiger partial charge < -0.3 is 12.9 Å². The van der Waals surface area contributed by atoms with Crippen LogP contribution in [0, 0.1) is 6.92 Å². The van der Waals surface area contributed by atoms with Gasteiger partial charge in [-0.15, -0.1) is 6.08 Å². The summed E-state index contributed by atoms with van der Waals surface area (Å²) in [6.45, 7) is -3.14. The first-order valence-electron chi connectivity index (χ1n) is 7.79. The Bertz CT molecular complexity index is 873. The number of rotatable bonds is 7. The molecule has 0 fully saturated rings. The first kappa shape index (κ1) is 25.1. The van der Waals surface area contributed by atoms with Crippen molar-refractivity contribution in [1.29, 1.82) is 0 Å². The van der Waals surface area contributed by atoms with E-state index in [1.165, 1.54) is 18.2 Å². The molecule has 10 heteroatoms. The number of allylic oxidation sites excluding steroid dienone is 1. The molecule has 1 unspecified atom stereocenters. The van der Waals surface area contributed by atoms with E-state index in [2.05, 4.69) is 20.7 Å². The predicted molar refractivity (Wildman–Crippen MR) is 101 cm³/mol. The normalized spacial score (nSPS) is 13.4. The summed E-state index contributed by atoms with van der Waals surface area (Å²) >= 11 is 3.28. The van der Waals surface area contributed by atoms with Gasteiger partial charge in [-0.3, -0.25) is 0 Å². The molecule has 2 aromatic carbocycles. The van der Waals surface area contributed by atoms with Gasteiger partial charge in [0, 0.05) is 4.47 Å². The molecule has 0 amide bonds. The zero-order valence-electron chi connectivity index (χ0n) is 14.9. The van der Waals surface area contributed by atoms with Crippen molar-refractivity contribution in [2.75, 3.05) is 0 Å². The Labute approximate surface area is 208 Å². The van der Waals surface area contributed by atoms with Crippen LogP contribution in [0.2, 0.25) is 6.32 Å². The number of hydrogen-bond donors (Lipinski definition) is 1. The van der Waals surface area contributed by atoms with Crippen LogP contribution >= 0.6 is 15.9 Å². The number of hydrogen-bond acceptors (Lipinski definition) is 2. The Kier molecular flexibility index (Phi) is 9.97. The van der Waals surface area contributed by atoms with E-state index in [4.69, 9.17) is 0 Å². The van der Waals surface area contributed by atoms with Gasteiger partial charge in [0.25, 0.3) is 0 Å². The van der Waals surface area contributed by atoms with Crippen LogP contribution in [0.4, 0.5) is 12.9 Å². The topological polar surface area (TPSA) is 46.2 Å². The van der Waals surface area contributed by atoms with Crippen LogP contribution in [0.5, 0.6) is 0 Å². The van der Waals surface area contributed by atoms with Gasteiger partial charge in [-0.2, -0.15) is 4.72 Å². The van der Waals surface area contributed by atoms with E-state index < -0.39 is 29.4 Å². The molecular formula is C17H17BBrF3KNO2S. The minimum atomic E-state index is -4.97. The van der Waals surface area contributed by atoms with E-state index in [-0.39, 0.29) is 56.3 Å². The van der Waals surface area contributed by atoms with E-state index >= 15 is 0 Å². The summed E-state index contributed by atoms with van der Waals surface area (Å²) in [6, 6.07) is 12.0. The van der Waals surface area contributed by atoms with Gasteiger partial charge in [0.1, 0.15) is 0 Å². The molecule has 3 nitrogen and oxygen atoms in total. The van der Waals surface area contributed by atoms with Crippen molar-refractivity contribution >= 4 is 32.9 Å². The van der Waals surface area contributed by atoms with Gasteiger partial charge in [-0.05, 0) is 36.8 Å². The average Bonchev–Trinajstić information content (AvgIpc) is 2.54. The molecule has 27 heavy (non-hydrogen) atoms. The Morgan fingerprint density at radius 2 is 1.63 bits per heavy atom. The van der Waals surface area contributed by atoms with Gasteiger partial charge in [0.15, 0.2) is 0 Å². The summed E-state index contributed by atoms with van der Waals surface area (Å²) in [4.78, 5) is 0.0543. The molecule has 1 atom stereocenters. The van der Waals surface area contributed by atoms with Crippen LogP contribution in [-0.4, -0.2) is 15.4 Å². The molecule has 0 aliphatic heterocycles. The van der Waals surface area contributed by atoms with Crippen LogP contribution in [0.25, 0.3) is 0 Å². The number of aryl methyl sites for hydroxylation is 1. The summed E-state index contributed by atoms with van der Waals surface area (Å²) in [7, 11) is -3.89. The molecule has 0 heterocycles. The monoisotopic (exact) mass is 485 g/mol. The smallest absolute Gasteiger partial charge is 0.449 e. The standard InChI is InChI=1S/C17H17BBrF3NO2S.K/c1-13-4-10-16(11-5-13)26(24,25)23-17(3-2-12-18(20,21)22)14-6-8-15(19)9-7-14;/h2-11,17,23H,12H2,1H3;/q-1;+1/b3-2+;. The van der Waals surface area contributed by atoms with E-state index in [0.29, 0.717) is 5.56 Å². The van der Waals surface area contributed by atoms with Gasteiger partial charge in [-0.25, -0.2) is 8.42 Å². The molecule has 0 aliphatic rings. The van der Waals surface area contributed by atoms with Crippen molar-refractivity contribution in [3.8, 4) is 0 Å². The first-order chi connectivity index (χ1) is 12.1. The van der Waals surface area contributed by atoms with Gasteiger partial charge in [0.05, 0.1) is 10.9 Å². The minimum absolute atomic E-state index is 0. The summed E-state index contributed by atoms with van der Waals surface area (Å²) in [6.07, 6.45) is 1.11. The van der Waals surface area contributed by atoms with Crippen molar-refractivity contribution in [1.82, 2.24) is 4.72 Å². The molecule has 0 spiro atoms. The SMILES string of the molecule is Cc1ccc(S(=O)(=O)NC(/C=C/C[B-](F)(F)F)c2ccc(Br)cc2)cc1.[K+]. The minimum Gasteiger partial charge on any atom is -0.449 e. The summed E-state index contributed by atoms with van der Waals surface area (Å²) < 4.78 is 65.8. The molecular weight excluding hydrogens is 469 g/mol. The molecule has 140 valence electrons. The Morgan fingerprint density at radius 1 is 1.07 bits per heavy atom. The van der Waals surface area contributed by atoms with E-state index in [9.17, 15) is 21.4 Å². The maximum atomic E-state index is 12.6. The number of benzene rings is 2. The van der Waals surface area contributed by atoms with Crippen LogP contribution in [0.3, 0.4) is 0 Å². The first-order valence-corrected chi connectivity index (χ1v) is 10.1. The third kappa shape index (κ3) is 8.53. The van der Waals surface area contributed by atoms with E-state index in [0.717, 1.165) is 16.1 Å². The maximum absolute atomic E-state index is 12.6. The maximum Gasteiger partial charge on any atom is 1.00 e. The largest absolute Gasteiger partial charge is 1.00 e. The van der Waals surface area contributed by atoms with Gasteiger partial charge >= 0.3 is 58.4 Å². The third-order valence-corrected chi connectivity index (χ3v) is 5.56. The fourth-order valence-electron chi connectivity index (χ4n) is 2.21. The van der Waals surface area contributed by atoms with Crippen molar-refractivity contribution in [2.45, 2.75) is 24.2 Å². The quantitative estimate of drug-likeness (QED) is 0.482. The summed E-state index contributed by atoms with van der Waals surface area (Å²) in [5.74, 6) is 0. The second-order valence-corrected chi connectivity index (χ2v) is 8.47. The van der Waals surface area contributed by atoms with Crippen LogP contribution < -0.4 is 56.1 Å². The molecule has 2 rings (SSSR count). The van der Waals surface area contributed by atoms with Crippen LogP contribution in [0.1, 0.15) is 17.2 Å².